The summed E-state index contributed by atoms with van der Waals surface area (Å²) in [4.78, 5) is 9.56. The van der Waals surface area contributed by atoms with Gasteiger partial charge in [-0.2, -0.15) is 0 Å². The minimum atomic E-state index is 0.492. The quantitative estimate of drug-likeness (QED) is 0.387. The zero-order valence-corrected chi connectivity index (χ0v) is 14.9. The second kappa shape index (κ2) is 7.33. The van der Waals surface area contributed by atoms with Crippen LogP contribution in [0.1, 0.15) is 5.56 Å². The maximum absolute atomic E-state index is 6.25. The van der Waals surface area contributed by atoms with E-state index >= 15 is 0 Å². The second-order valence-electron chi connectivity index (χ2n) is 5.77. The van der Waals surface area contributed by atoms with Crippen molar-refractivity contribution < 1.29 is 0 Å². The molecular weight excluding hydrogens is 338 g/mol. The van der Waals surface area contributed by atoms with E-state index in [0.29, 0.717) is 5.84 Å². The Kier molecular flexibility index (Phi) is 4.58. The first-order chi connectivity index (χ1) is 12.8. The molecule has 0 bridgehead atoms. The molecule has 0 amide bonds. The van der Waals surface area contributed by atoms with E-state index in [0.717, 1.165) is 32.4 Å². The minimum absolute atomic E-state index is 0.492. The van der Waals surface area contributed by atoms with Gasteiger partial charge in [-0.25, -0.2) is 9.98 Å². The smallest absolute Gasteiger partial charge is 0.146 e. The molecule has 0 atom stereocenters. The molecule has 0 aliphatic carbocycles. The highest BCUT2D eigenvalue weighted by Crippen LogP contribution is 2.39. The minimum Gasteiger partial charge on any atom is -0.383 e. The average Bonchev–Trinajstić information content (AvgIpc) is 3.14. The highest BCUT2D eigenvalue weighted by molar-refractivity contribution is 7.19. The number of benzene rings is 3. The van der Waals surface area contributed by atoms with E-state index in [4.69, 9.17) is 15.7 Å². The van der Waals surface area contributed by atoms with Gasteiger partial charge in [-0.05, 0) is 0 Å². The van der Waals surface area contributed by atoms with Gasteiger partial charge in [-0.1, -0.05) is 102 Å². The predicted molar refractivity (Wildman–Crippen MR) is 110 cm³/mol. The van der Waals surface area contributed by atoms with Crippen LogP contribution in [-0.2, 0) is 0 Å². The van der Waals surface area contributed by atoms with E-state index < -0.39 is 0 Å². The lowest BCUT2D eigenvalue weighted by Gasteiger charge is -2.01. The largest absolute Gasteiger partial charge is 0.383 e. The summed E-state index contributed by atoms with van der Waals surface area (Å²) < 4.78 is 0. The number of hydrogen-bond acceptors (Lipinski definition) is 3. The molecule has 0 saturated heterocycles. The van der Waals surface area contributed by atoms with E-state index in [9.17, 15) is 0 Å². The fraction of sp³-hybridized carbons (Fsp3) is 0. The van der Waals surface area contributed by atoms with Crippen molar-refractivity contribution in [2.45, 2.75) is 0 Å². The summed E-state index contributed by atoms with van der Waals surface area (Å²) in [5.74, 6) is 0.492. The zero-order valence-electron chi connectivity index (χ0n) is 14.0. The van der Waals surface area contributed by atoms with Crippen molar-refractivity contribution in [3.63, 3.8) is 0 Å². The van der Waals surface area contributed by atoms with Crippen LogP contribution in [0.25, 0.3) is 21.8 Å². The summed E-state index contributed by atoms with van der Waals surface area (Å²) in [5, 5.41) is 1.75. The molecular formula is C22H17N3S. The fourth-order valence-corrected chi connectivity index (χ4v) is 3.64. The van der Waals surface area contributed by atoms with Crippen molar-refractivity contribution in [1.82, 2.24) is 4.98 Å². The molecule has 2 N–H and O–H groups in total. The Labute approximate surface area is 156 Å². The van der Waals surface area contributed by atoms with Gasteiger partial charge < -0.3 is 5.73 Å². The molecule has 0 spiro atoms. The Balaban J connectivity index is 1.83. The number of hydrogen-bond donors (Lipinski definition) is 1. The normalized spacial score (nSPS) is 11.5. The van der Waals surface area contributed by atoms with Crippen LogP contribution < -0.4 is 5.73 Å². The summed E-state index contributed by atoms with van der Waals surface area (Å²) in [6.45, 7) is 0. The summed E-state index contributed by atoms with van der Waals surface area (Å²) in [6, 6.07) is 30.0. The maximum Gasteiger partial charge on any atom is 0.146 e. The van der Waals surface area contributed by atoms with Crippen LogP contribution in [0.15, 0.2) is 96.0 Å². The highest BCUT2D eigenvalue weighted by atomic mass is 32.1. The Morgan fingerprint density at radius 2 is 1.27 bits per heavy atom. The van der Waals surface area contributed by atoms with Gasteiger partial charge in [0.15, 0.2) is 0 Å². The number of aromatic nitrogens is 1. The number of nitrogens with zero attached hydrogens (tertiary/aromatic N) is 2. The number of aliphatic imine (C=N–C) groups is 1. The topological polar surface area (TPSA) is 51.3 Å². The van der Waals surface area contributed by atoms with E-state index in [1.54, 1.807) is 11.3 Å². The standard InChI is InChI=1S/C22H17N3S/c23-20(17-12-6-2-7-13-17)25-22-19(16-10-4-1-5-11-16)24-21(26-22)18-14-8-3-9-15-18/h1-15H,(H2,23,25). The lowest BCUT2D eigenvalue weighted by atomic mass is 10.1. The van der Waals surface area contributed by atoms with Gasteiger partial charge in [0, 0.05) is 16.7 Å². The van der Waals surface area contributed by atoms with E-state index in [1.807, 2.05) is 78.9 Å². The molecule has 0 unspecified atom stereocenters. The Morgan fingerprint density at radius 3 is 1.88 bits per heavy atom. The summed E-state index contributed by atoms with van der Waals surface area (Å²) in [6.07, 6.45) is 0. The van der Waals surface area contributed by atoms with Crippen LogP contribution >= 0.6 is 11.3 Å². The number of nitrogens with two attached hydrogens (primary N) is 1. The molecule has 4 rings (SSSR count). The van der Waals surface area contributed by atoms with Crippen LogP contribution in [-0.4, -0.2) is 10.8 Å². The van der Waals surface area contributed by atoms with Gasteiger partial charge in [0.25, 0.3) is 0 Å². The number of rotatable bonds is 4. The molecule has 1 heterocycles. The Bertz CT molecular complexity index is 1020. The van der Waals surface area contributed by atoms with Gasteiger partial charge in [0.1, 0.15) is 21.5 Å². The molecule has 0 aliphatic rings. The summed E-state index contributed by atoms with van der Waals surface area (Å²) in [7, 11) is 0. The maximum atomic E-state index is 6.25. The summed E-state index contributed by atoms with van der Waals surface area (Å²) >= 11 is 1.55. The number of amidine groups is 1. The lowest BCUT2D eigenvalue weighted by Crippen LogP contribution is -2.12. The van der Waals surface area contributed by atoms with Crippen molar-refractivity contribution in [1.29, 1.82) is 0 Å². The molecule has 3 aromatic carbocycles. The average molecular weight is 355 g/mol. The second-order valence-corrected chi connectivity index (χ2v) is 6.75. The van der Waals surface area contributed by atoms with Gasteiger partial charge in [0.2, 0.25) is 0 Å². The molecule has 26 heavy (non-hydrogen) atoms. The van der Waals surface area contributed by atoms with Gasteiger partial charge >= 0.3 is 0 Å². The van der Waals surface area contributed by atoms with Crippen LogP contribution in [0.5, 0.6) is 0 Å². The van der Waals surface area contributed by atoms with Crippen molar-refractivity contribution in [3.05, 3.63) is 96.6 Å². The first kappa shape index (κ1) is 16.2. The van der Waals surface area contributed by atoms with E-state index in [1.165, 1.54) is 0 Å². The monoisotopic (exact) mass is 355 g/mol. The Hall–Kier alpha value is -3.24. The molecule has 0 radical (unpaired) electrons. The van der Waals surface area contributed by atoms with Gasteiger partial charge in [-0.15, -0.1) is 0 Å². The molecule has 1 aromatic heterocycles. The SMILES string of the molecule is NC(=Nc1sc(-c2ccccc2)nc1-c1ccccc1)c1ccccc1. The molecule has 0 fully saturated rings. The first-order valence-electron chi connectivity index (χ1n) is 8.32. The van der Waals surface area contributed by atoms with Crippen molar-refractivity contribution in [3.8, 4) is 21.8 Å². The number of thiazole rings is 1. The third-order valence-corrected chi connectivity index (χ3v) is 4.97. The predicted octanol–water partition coefficient (Wildman–Crippen LogP) is 5.51. The molecule has 0 aliphatic heterocycles. The highest BCUT2D eigenvalue weighted by Gasteiger charge is 2.14. The van der Waals surface area contributed by atoms with Gasteiger partial charge in [0.05, 0.1) is 0 Å². The zero-order chi connectivity index (χ0) is 17.8. The summed E-state index contributed by atoms with van der Waals surface area (Å²) in [5.41, 5.74) is 10.1. The van der Waals surface area contributed by atoms with Gasteiger partial charge in [-0.3, -0.25) is 0 Å². The van der Waals surface area contributed by atoms with E-state index in [2.05, 4.69) is 12.1 Å². The fourth-order valence-electron chi connectivity index (χ4n) is 2.66. The first-order valence-corrected chi connectivity index (χ1v) is 9.14. The van der Waals surface area contributed by atoms with Crippen molar-refractivity contribution >= 4 is 22.2 Å². The van der Waals surface area contributed by atoms with Crippen LogP contribution in [0.4, 0.5) is 5.00 Å². The van der Waals surface area contributed by atoms with Crippen molar-refractivity contribution in [2.24, 2.45) is 10.7 Å². The molecule has 0 saturated carbocycles. The molecule has 4 heteroatoms. The van der Waals surface area contributed by atoms with Crippen molar-refractivity contribution in [2.75, 3.05) is 0 Å². The molecule has 4 aromatic rings. The van der Waals surface area contributed by atoms with E-state index in [-0.39, 0.29) is 0 Å². The lowest BCUT2D eigenvalue weighted by molar-refractivity contribution is 1.38. The van der Waals surface area contributed by atoms with Crippen LogP contribution in [0.2, 0.25) is 0 Å². The third kappa shape index (κ3) is 3.41. The molecule has 126 valence electrons. The Morgan fingerprint density at radius 1 is 0.731 bits per heavy atom. The molecule has 3 nitrogen and oxygen atoms in total. The van der Waals surface area contributed by atoms with Crippen LogP contribution in [0, 0.1) is 0 Å². The van der Waals surface area contributed by atoms with Crippen LogP contribution in [0.3, 0.4) is 0 Å². The third-order valence-electron chi connectivity index (χ3n) is 3.97.